The van der Waals surface area contributed by atoms with Gasteiger partial charge in [0.25, 0.3) is 0 Å². The zero-order valence-electron chi connectivity index (χ0n) is 33.1. The molecule has 4 nitrogen and oxygen atoms in total. The van der Waals surface area contributed by atoms with Gasteiger partial charge in [-0.25, -0.2) is 0 Å². The summed E-state index contributed by atoms with van der Waals surface area (Å²) in [5, 5.41) is 16.6. The third-order valence-electron chi connectivity index (χ3n) is 11.6. The number of nitrogens with zero attached hydrogens (tertiary/aromatic N) is 3. The first-order valence-corrected chi connectivity index (χ1v) is 20.5. The van der Waals surface area contributed by atoms with Crippen LogP contribution in [0.1, 0.15) is 0 Å². The molecule has 0 amide bonds. The summed E-state index contributed by atoms with van der Waals surface area (Å²) >= 11 is 0. The highest BCUT2D eigenvalue weighted by molar-refractivity contribution is 6.19. The molecule has 0 radical (unpaired) electrons. The Bertz CT molecular complexity index is 3340. The quantitative estimate of drug-likeness (QED) is 0.154. The number of hydrogen-bond acceptors (Lipinski definition) is 4. The lowest BCUT2D eigenvalue weighted by atomic mass is 9.81. The summed E-state index contributed by atoms with van der Waals surface area (Å²) in [7, 11) is 0. The number of hydrogen-bond donors (Lipinski definition) is 0. The van der Waals surface area contributed by atoms with Gasteiger partial charge in [0.05, 0.1) is 0 Å². The maximum absolute atomic E-state index is 6.69. The molecule has 286 valence electrons. The number of aromatic nitrogens is 3. The standard InChI is InChI=1S/C57H37N3O/c1-5-20-38(21-6-1)42-28-13-15-30-44(42)46-33-19-34-49(54(46)57-52(40-24-9-3-10-25-40)56(58-60-59-57)41-26-11-4-12-27-41)53-47(36-37-51-55(53)48-32-17-18-35-50(48)61-51)45-31-16-14-29-43(45)39-22-7-2-8-23-39/h1-37H. The van der Waals surface area contributed by atoms with E-state index in [-0.39, 0.29) is 0 Å². The molecule has 0 saturated carbocycles. The number of benzene rings is 9. The predicted octanol–water partition coefficient (Wildman–Crippen LogP) is 15.1. The Morgan fingerprint density at radius 3 is 1.34 bits per heavy atom. The van der Waals surface area contributed by atoms with E-state index in [2.05, 4.69) is 199 Å². The SMILES string of the molecule is c1ccc(-c2ccccc2-c2cccc(-c3c(-c4ccccc4-c4ccccc4)ccc4oc5ccccc5c34)c2-c2nnnc(-c3ccccc3)c2-c2ccccc2)cc1. The van der Waals surface area contributed by atoms with E-state index < -0.39 is 0 Å². The summed E-state index contributed by atoms with van der Waals surface area (Å²) in [5.74, 6) is 0. The lowest BCUT2D eigenvalue weighted by Gasteiger charge is -2.23. The van der Waals surface area contributed by atoms with Gasteiger partial charge in [0.1, 0.15) is 22.6 Å². The molecule has 0 N–H and O–H groups in total. The Hall–Kier alpha value is -8.21. The van der Waals surface area contributed by atoms with Crippen molar-refractivity contribution in [2.75, 3.05) is 0 Å². The molecule has 0 aliphatic rings. The third-order valence-corrected chi connectivity index (χ3v) is 11.6. The van der Waals surface area contributed by atoms with Crippen molar-refractivity contribution in [3.63, 3.8) is 0 Å². The fraction of sp³-hybridized carbons (Fsp3) is 0. The maximum atomic E-state index is 6.69. The molecule has 0 unspecified atom stereocenters. The minimum absolute atomic E-state index is 0.737. The molecule has 4 heteroatoms. The topological polar surface area (TPSA) is 51.8 Å². The van der Waals surface area contributed by atoms with Gasteiger partial charge >= 0.3 is 0 Å². The van der Waals surface area contributed by atoms with E-state index in [0.717, 1.165) is 111 Å². The minimum Gasteiger partial charge on any atom is -0.456 e. The molecule has 0 bridgehead atoms. The van der Waals surface area contributed by atoms with E-state index in [9.17, 15) is 0 Å². The van der Waals surface area contributed by atoms with Gasteiger partial charge in [-0.2, -0.15) is 0 Å². The van der Waals surface area contributed by atoms with Gasteiger partial charge in [-0.1, -0.05) is 206 Å². The van der Waals surface area contributed by atoms with Crippen LogP contribution in [-0.2, 0) is 0 Å². The second kappa shape index (κ2) is 15.5. The van der Waals surface area contributed by atoms with Crippen LogP contribution in [0.2, 0.25) is 0 Å². The lowest BCUT2D eigenvalue weighted by Crippen LogP contribution is -2.03. The molecule has 2 aromatic heterocycles. The normalized spacial score (nSPS) is 11.3. The van der Waals surface area contributed by atoms with Crippen LogP contribution in [0.15, 0.2) is 229 Å². The maximum Gasteiger partial charge on any atom is 0.136 e. The Morgan fingerprint density at radius 1 is 0.262 bits per heavy atom. The van der Waals surface area contributed by atoms with Gasteiger partial charge in [0.15, 0.2) is 0 Å². The average molecular weight is 780 g/mol. The first-order valence-electron chi connectivity index (χ1n) is 20.5. The van der Waals surface area contributed by atoms with E-state index in [1.165, 1.54) is 0 Å². The number of fused-ring (bicyclic) bond motifs is 3. The monoisotopic (exact) mass is 779 g/mol. The zero-order chi connectivity index (χ0) is 40.5. The first kappa shape index (κ1) is 35.9. The Balaban J connectivity index is 1.33. The highest BCUT2D eigenvalue weighted by Gasteiger charge is 2.28. The van der Waals surface area contributed by atoms with Crippen molar-refractivity contribution >= 4 is 21.9 Å². The minimum atomic E-state index is 0.737. The van der Waals surface area contributed by atoms with Crippen LogP contribution < -0.4 is 0 Å². The van der Waals surface area contributed by atoms with Gasteiger partial charge in [0, 0.05) is 33.0 Å². The summed E-state index contributed by atoms with van der Waals surface area (Å²) in [5.41, 5.74) is 17.9. The second-order valence-corrected chi connectivity index (χ2v) is 15.1. The number of rotatable bonds is 8. The van der Waals surface area contributed by atoms with Crippen LogP contribution in [-0.4, -0.2) is 15.4 Å². The molecule has 0 atom stereocenters. The smallest absolute Gasteiger partial charge is 0.136 e. The van der Waals surface area contributed by atoms with Crippen molar-refractivity contribution in [2.24, 2.45) is 0 Å². The largest absolute Gasteiger partial charge is 0.456 e. The van der Waals surface area contributed by atoms with Crippen molar-refractivity contribution in [3.05, 3.63) is 224 Å². The zero-order valence-corrected chi connectivity index (χ0v) is 33.1. The van der Waals surface area contributed by atoms with E-state index in [1.807, 2.05) is 30.3 Å². The molecule has 61 heavy (non-hydrogen) atoms. The highest BCUT2D eigenvalue weighted by Crippen LogP contribution is 2.52. The molecular weight excluding hydrogens is 743 g/mol. The van der Waals surface area contributed by atoms with E-state index in [4.69, 9.17) is 14.6 Å². The summed E-state index contributed by atoms with van der Waals surface area (Å²) < 4.78 is 6.69. The van der Waals surface area contributed by atoms with Gasteiger partial charge in [-0.05, 0) is 79.0 Å². The Morgan fingerprint density at radius 2 is 0.721 bits per heavy atom. The van der Waals surface area contributed by atoms with Crippen molar-refractivity contribution in [3.8, 4) is 89.3 Å². The number of furan rings is 1. The Kier molecular flexibility index (Phi) is 9.14. The van der Waals surface area contributed by atoms with Crippen molar-refractivity contribution in [2.45, 2.75) is 0 Å². The van der Waals surface area contributed by atoms with E-state index >= 15 is 0 Å². The van der Waals surface area contributed by atoms with Gasteiger partial charge < -0.3 is 4.42 Å². The summed E-state index contributed by atoms with van der Waals surface area (Å²) in [6, 6.07) is 78.7. The predicted molar refractivity (Wildman–Crippen MR) is 251 cm³/mol. The molecule has 2 heterocycles. The molecule has 0 saturated heterocycles. The molecule has 0 spiro atoms. The fourth-order valence-corrected chi connectivity index (χ4v) is 8.91. The van der Waals surface area contributed by atoms with Crippen LogP contribution in [0.25, 0.3) is 111 Å². The van der Waals surface area contributed by atoms with Gasteiger partial charge in [-0.3, -0.25) is 0 Å². The van der Waals surface area contributed by atoms with Gasteiger partial charge in [-0.15, -0.1) is 10.2 Å². The van der Waals surface area contributed by atoms with E-state index in [0.29, 0.717) is 0 Å². The molecule has 11 aromatic rings. The number of para-hydroxylation sites is 1. The molecule has 0 aliphatic heterocycles. The summed E-state index contributed by atoms with van der Waals surface area (Å²) in [6.45, 7) is 0. The molecule has 9 aromatic carbocycles. The van der Waals surface area contributed by atoms with Crippen LogP contribution in [0.3, 0.4) is 0 Å². The van der Waals surface area contributed by atoms with Crippen molar-refractivity contribution < 1.29 is 4.42 Å². The van der Waals surface area contributed by atoms with Crippen molar-refractivity contribution in [1.29, 1.82) is 0 Å². The lowest BCUT2D eigenvalue weighted by molar-refractivity contribution is 0.669. The highest BCUT2D eigenvalue weighted by atomic mass is 16.3. The molecule has 0 aliphatic carbocycles. The van der Waals surface area contributed by atoms with Crippen LogP contribution in [0.5, 0.6) is 0 Å². The fourth-order valence-electron chi connectivity index (χ4n) is 8.91. The summed E-state index contributed by atoms with van der Waals surface area (Å²) in [4.78, 5) is 0. The van der Waals surface area contributed by atoms with Crippen molar-refractivity contribution in [1.82, 2.24) is 15.4 Å². The van der Waals surface area contributed by atoms with Crippen LogP contribution >= 0.6 is 0 Å². The third kappa shape index (κ3) is 6.39. The molecule has 0 fully saturated rings. The van der Waals surface area contributed by atoms with E-state index in [1.54, 1.807) is 0 Å². The van der Waals surface area contributed by atoms with Crippen LogP contribution in [0, 0.1) is 0 Å². The first-order chi connectivity index (χ1) is 30.3. The Labute approximate surface area is 354 Å². The molecular formula is C57H37N3O. The second-order valence-electron chi connectivity index (χ2n) is 15.1. The van der Waals surface area contributed by atoms with Gasteiger partial charge in [0.2, 0.25) is 0 Å². The van der Waals surface area contributed by atoms with Crippen LogP contribution in [0.4, 0.5) is 0 Å². The summed E-state index contributed by atoms with van der Waals surface area (Å²) in [6.07, 6.45) is 0. The average Bonchev–Trinajstić information content (AvgIpc) is 3.73. The molecule has 11 rings (SSSR count).